The van der Waals surface area contributed by atoms with Crippen molar-refractivity contribution in [1.29, 1.82) is 0 Å². The first-order chi connectivity index (χ1) is 22.7. The molecule has 3 heterocycles. The van der Waals surface area contributed by atoms with E-state index >= 15 is 0 Å². The average Bonchev–Trinajstić information content (AvgIpc) is 3.67. The third kappa shape index (κ3) is 3.85. The van der Waals surface area contributed by atoms with Crippen LogP contribution in [0.2, 0.25) is 0 Å². The minimum absolute atomic E-state index is 0.548. The number of rotatable bonds is 3. The SMILES string of the molecule is c1ccc2cc(-c3nc(-c4ccc5c(c4)oc4ccccc45)nc(-c4cccc5c4oc4cc6ccccc6cc45)n3)ccc2c1. The highest BCUT2D eigenvalue weighted by molar-refractivity contribution is 6.13. The Morgan fingerprint density at radius 3 is 1.80 bits per heavy atom. The maximum Gasteiger partial charge on any atom is 0.167 e. The average molecular weight is 590 g/mol. The lowest BCUT2D eigenvalue weighted by Crippen LogP contribution is -2.00. The van der Waals surface area contributed by atoms with Crippen molar-refractivity contribution in [3.8, 4) is 34.2 Å². The molecular weight excluding hydrogens is 566 g/mol. The highest BCUT2D eigenvalue weighted by atomic mass is 16.3. The van der Waals surface area contributed by atoms with E-state index in [1.807, 2.05) is 54.6 Å². The van der Waals surface area contributed by atoms with Crippen LogP contribution in [-0.2, 0) is 0 Å². The fourth-order valence-corrected chi connectivity index (χ4v) is 6.61. The van der Waals surface area contributed by atoms with Gasteiger partial charge in [-0.1, -0.05) is 97.1 Å². The van der Waals surface area contributed by atoms with Crippen LogP contribution in [0.15, 0.2) is 148 Å². The molecule has 0 aliphatic heterocycles. The number of fused-ring (bicyclic) bond motifs is 8. The van der Waals surface area contributed by atoms with Crippen molar-refractivity contribution < 1.29 is 8.83 Å². The maximum absolute atomic E-state index is 6.57. The molecule has 0 saturated heterocycles. The Labute approximate surface area is 262 Å². The number of para-hydroxylation sites is 2. The molecule has 0 radical (unpaired) electrons. The molecule has 0 spiro atoms. The van der Waals surface area contributed by atoms with Gasteiger partial charge in [0.15, 0.2) is 17.5 Å². The zero-order chi connectivity index (χ0) is 30.2. The first kappa shape index (κ1) is 25.0. The van der Waals surface area contributed by atoms with Crippen LogP contribution in [-0.4, -0.2) is 15.0 Å². The number of hydrogen-bond donors (Lipinski definition) is 0. The van der Waals surface area contributed by atoms with Crippen molar-refractivity contribution in [2.45, 2.75) is 0 Å². The smallest absolute Gasteiger partial charge is 0.167 e. The molecule has 5 nitrogen and oxygen atoms in total. The zero-order valence-electron chi connectivity index (χ0n) is 24.4. The van der Waals surface area contributed by atoms with Gasteiger partial charge in [0.1, 0.15) is 22.3 Å². The van der Waals surface area contributed by atoms with E-state index < -0.39 is 0 Å². The van der Waals surface area contributed by atoms with Gasteiger partial charge in [-0.05, 0) is 64.0 Å². The summed E-state index contributed by atoms with van der Waals surface area (Å²) in [6.07, 6.45) is 0. The fraction of sp³-hybridized carbons (Fsp3) is 0. The van der Waals surface area contributed by atoms with E-state index in [0.29, 0.717) is 17.5 Å². The van der Waals surface area contributed by atoms with Crippen LogP contribution in [0.25, 0.3) is 99.6 Å². The predicted octanol–water partition coefficient (Wildman–Crippen LogP) is 11.0. The van der Waals surface area contributed by atoms with E-state index in [1.54, 1.807) is 0 Å². The van der Waals surface area contributed by atoms with Gasteiger partial charge in [-0.25, -0.2) is 15.0 Å². The molecule has 0 bridgehead atoms. The highest BCUT2D eigenvalue weighted by Crippen LogP contribution is 2.38. The first-order valence-corrected chi connectivity index (χ1v) is 15.3. The number of aromatic nitrogens is 3. The predicted molar refractivity (Wildman–Crippen MR) is 186 cm³/mol. The van der Waals surface area contributed by atoms with Gasteiger partial charge in [0.05, 0.1) is 5.56 Å². The van der Waals surface area contributed by atoms with E-state index in [2.05, 4.69) is 84.9 Å². The molecule has 0 aliphatic carbocycles. The molecule has 10 rings (SSSR count). The summed E-state index contributed by atoms with van der Waals surface area (Å²) in [4.78, 5) is 15.2. The minimum atomic E-state index is 0.548. The molecule has 0 aliphatic rings. The summed E-state index contributed by atoms with van der Waals surface area (Å²) in [6, 6.07) is 47.7. The normalized spacial score (nSPS) is 11.9. The summed E-state index contributed by atoms with van der Waals surface area (Å²) in [6.45, 7) is 0. The van der Waals surface area contributed by atoms with Gasteiger partial charge in [0.2, 0.25) is 0 Å². The topological polar surface area (TPSA) is 65.0 Å². The van der Waals surface area contributed by atoms with Crippen molar-refractivity contribution in [3.63, 3.8) is 0 Å². The Balaban J connectivity index is 1.22. The lowest BCUT2D eigenvalue weighted by atomic mass is 10.0. The zero-order valence-corrected chi connectivity index (χ0v) is 24.4. The molecule has 214 valence electrons. The molecule has 0 fully saturated rings. The van der Waals surface area contributed by atoms with Crippen LogP contribution < -0.4 is 0 Å². The van der Waals surface area contributed by atoms with Crippen LogP contribution >= 0.6 is 0 Å². The second-order valence-corrected chi connectivity index (χ2v) is 11.7. The summed E-state index contributed by atoms with van der Waals surface area (Å²) in [5, 5.41) is 8.83. The first-order valence-electron chi connectivity index (χ1n) is 15.3. The van der Waals surface area contributed by atoms with Gasteiger partial charge < -0.3 is 8.83 Å². The summed E-state index contributed by atoms with van der Waals surface area (Å²) in [5.74, 6) is 1.70. The third-order valence-electron chi connectivity index (χ3n) is 8.89. The van der Waals surface area contributed by atoms with Crippen molar-refractivity contribution >= 4 is 65.4 Å². The summed E-state index contributed by atoms with van der Waals surface area (Å²) >= 11 is 0. The summed E-state index contributed by atoms with van der Waals surface area (Å²) < 4.78 is 12.8. The molecule has 5 heteroatoms. The van der Waals surface area contributed by atoms with Gasteiger partial charge in [0.25, 0.3) is 0 Å². The molecule has 7 aromatic carbocycles. The van der Waals surface area contributed by atoms with Crippen molar-refractivity contribution in [2.75, 3.05) is 0 Å². The Morgan fingerprint density at radius 2 is 0.957 bits per heavy atom. The van der Waals surface area contributed by atoms with Crippen molar-refractivity contribution in [1.82, 2.24) is 15.0 Å². The molecule has 0 saturated carbocycles. The largest absolute Gasteiger partial charge is 0.456 e. The van der Waals surface area contributed by atoms with Crippen LogP contribution in [0.4, 0.5) is 0 Å². The van der Waals surface area contributed by atoms with E-state index in [-0.39, 0.29) is 0 Å². The molecule has 0 amide bonds. The molecule has 10 aromatic rings. The second-order valence-electron chi connectivity index (χ2n) is 11.7. The van der Waals surface area contributed by atoms with E-state index in [0.717, 1.165) is 76.7 Å². The molecule has 46 heavy (non-hydrogen) atoms. The summed E-state index contributed by atoms with van der Waals surface area (Å²) in [5.41, 5.74) is 5.80. The van der Waals surface area contributed by atoms with E-state index in [9.17, 15) is 0 Å². The highest BCUT2D eigenvalue weighted by Gasteiger charge is 2.19. The lowest BCUT2D eigenvalue weighted by molar-refractivity contribution is 0.668. The van der Waals surface area contributed by atoms with Crippen LogP contribution in [0, 0.1) is 0 Å². The van der Waals surface area contributed by atoms with Gasteiger partial charge in [-0.15, -0.1) is 0 Å². The van der Waals surface area contributed by atoms with Gasteiger partial charge in [-0.3, -0.25) is 0 Å². The number of furan rings is 2. The Bertz CT molecular complexity index is 2830. The van der Waals surface area contributed by atoms with Gasteiger partial charge in [-0.2, -0.15) is 0 Å². The number of benzene rings is 7. The Kier molecular flexibility index (Phi) is 5.22. The molecule has 3 aromatic heterocycles. The summed E-state index contributed by atoms with van der Waals surface area (Å²) in [7, 11) is 0. The quantitative estimate of drug-likeness (QED) is 0.205. The van der Waals surface area contributed by atoms with E-state index in [1.165, 1.54) is 5.39 Å². The maximum atomic E-state index is 6.57. The van der Waals surface area contributed by atoms with Gasteiger partial charge in [0, 0.05) is 32.7 Å². The van der Waals surface area contributed by atoms with Crippen LogP contribution in [0.5, 0.6) is 0 Å². The minimum Gasteiger partial charge on any atom is -0.456 e. The Hall–Kier alpha value is -6.33. The fourth-order valence-electron chi connectivity index (χ4n) is 6.61. The van der Waals surface area contributed by atoms with E-state index in [4.69, 9.17) is 23.8 Å². The van der Waals surface area contributed by atoms with Crippen LogP contribution in [0.1, 0.15) is 0 Å². The molecule has 0 N–H and O–H groups in total. The molecule has 0 unspecified atom stereocenters. The molecular formula is C41H23N3O2. The second kappa shape index (κ2) is 9.58. The monoisotopic (exact) mass is 589 g/mol. The van der Waals surface area contributed by atoms with Crippen LogP contribution in [0.3, 0.4) is 0 Å². The van der Waals surface area contributed by atoms with Gasteiger partial charge >= 0.3 is 0 Å². The lowest BCUT2D eigenvalue weighted by Gasteiger charge is -2.09. The third-order valence-corrected chi connectivity index (χ3v) is 8.89. The molecule has 0 atom stereocenters. The Morgan fingerprint density at radius 1 is 0.348 bits per heavy atom. The van der Waals surface area contributed by atoms with Crippen molar-refractivity contribution in [2.24, 2.45) is 0 Å². The van der Waals surface area contributed by atoms with Crippen molar-refractivity contribution in [3.05, 3.63) is 140 Å². The number of nitrogens with zero attached hydrogens (tertiary/aromatic N) is 3. The number of hydrogen-bond acceptors (Lipinski definition) is 5. The standard InChI is InChI=1S/C41H23N3O2/c1-2-9-25-20-28(17-16-24(25)8-1)39-42-40(29-18-19-31-30-12-5-6-15-35(30)45-36(31)23-29)44-41(43-39)33-14-7-13-32-34-21-26-10-3-4-11-27(26)22-37(34)46-38(32)33/h1-23H.